The number of rotatable bonds is 5. The molecule has 1 fully saturated rings. The van der Waals surface area contributed by atoms with E-state index < -0.39 is 11.9 Å². The third-order valence-corrected chi connectivity index (χ3v) is 8.43. The van der Waals surface area contributed by atoms with Crippen molar-refractivity contribution in [1.82, 2.24) is 15.3 Å². The van der Waals surface area contributed by atoms with Crippen LogP contribution in [0.25, 0.3) is 20.7 Å². The molecular weight excluding hydrogens is 523 g/mol. The van der Waals surface area contributed by atoms with Crippen LogP contribution in [-0.2, 0) is 11.0 Å². The zero-order valence-electron chi connectivity index (χ0n) is 19.6. The monoisotopic (exact) mass is 545 g/mol. The fourth-order valence-corrected chi connectivity index (χ4v) is 6.34. The first-order valence-corrected chi connectivity index (χ1v) is 13.2. The predicted octanol–water partition coefficient (Wildman–Crippen LogP) is 5.65. The van der Waals surface area contributed by atoms with Gasteiger partial charge in [-0.2, -0.15) is 13.2 Å². The maximum absolute atomic E-state index is 12.8. The maximum Gasteiger partial charge on any atom is 0.433 e. The smallest absolute Gasteiger partial charge is 0.359 e. The molecule has 2 amide bonds. The Morgan fingerprint density at radius 3 is 2.32 bits per heavy atom. The number of carbonyl (C=O) groups is 2. The quantitative estimate of drug-likeness (QED) is 0.338. The molecule has 0 spiro atoms. The molecule has 1 aliphatic rings. The van der Waals surface area contributed by atoms with Gasteiger partial charge in [-0.1, -0.05) is 29.5 Å². The van der Waals surface area contributed by atoms with Gasteiger partial charge in [0.15, 0.2) is 5.13 Å². The van der Waals surface area contributed by atoms with Crippen LogP contribution in [0, 0.1) is 5.92 Å². The van der Waals surface area contributed by atoms with Crippen molar-refractivity contribution >= 4 is 54.8 Å². The van der Waals surface area contributed by atoms with E-state index in [-0.39, 0.29) is 17.7 Å². The minimum Gasteiger partial charge on any atom is -0.359 e. The molecule has 0 radical (unpaired) electrons. The van der Waals surface area contributed by atoms with Crippen molar-refractivity contribution in [3.8, 4) is 11.1 Å². The van der Waals surface area contributed by atoms with Crippen molar-refractivity contribution in [2.24, 2.45) is 5.92 Å². The van der Waals surface area contributed by atoms with Gasteiger partial charge in [-0.3, -0.25) is 14.6 Å². The molecule has 4 heterocycles. The molecule has 1 aliphatic heterocycles. The number of carbonyl (C=O) groups excluding carboxylic acids is 2. The maximum atomic E-state index is 12.8. The van der Waals surface area contributed by atoms with E-state index in [4.69, 9.17) is 4.98 Å². The van der Waals surface area contributed by atoms with Crippen molar-refractivity contribution in [1.29, 1.82) is 0 Å². The summed E-state index contributed by atoms with van der Waals surface area (Å²) in [6, 6.07) is 11.0. The van der Waals surface area contributed by atoms with E-state index in [1.807, 2.05) is 6.07 Å². The molecule has 0 bridgehead atoms. The molecule has 7 nitrogen and oxygen atoms in total. The first-order valence-electron chi connectivity index (χ1n) is 11.5. The van der Waals surface area contributed by atoms with Crippen molar-refractivity contribution < 1.29 is 22.8 Å². The Labute approximate surface area is 218 Å². The normalized spacial score (nSPS) is 14.6. The number of nitrogens with one attached hydrogen (secondary N) is 2. The third kappa shape index (κ3) is 5.44. The lowest BCUT2D eigenvalue weighted by molar-refractivity contribution is -0.141. The first-order chi connectivity index (χ1) is 17.7. The minimum atomic E-state index is -4.48. The van der Waals surface area contributed by atoms with Crippen LogP contribution in [0.3, 0.4) is 0 Å². The number of piperidine rings is 1. The summed E-state index contributed by atoms with van der Waals surface area (Å²) < 4.78 is 39.1. The van der Waals surface area contributed by atoms with Gasteiger partial charge >= 0.3 is 6.18 Å². The lowest BCUT2D eigenvalue weighted by Gasteiger charge is -2.30. The number of hydrogen-bond donors (Lipinski definition) is 2. The van der Waals surface area contributed by atoms with E-state index >= 15 is 0 Å². The van der Waals surface area contributed by atoms with E-state index in [0.717, 1.165) is 46.7 Å². The average Bonchev–Trinajstić information content (AvgIpc) is 3.48. The molecule has 4 aromatic rings. The van der Waals surface area contributed by atoms with Gasteiger partial charge in [-0.05, 0) is 42.7 Å². The number of nitrogens with zero attached hydrogens (tertiary/aromatic N) is 3. The number of halogens is 3. The minimum absolute atomic E-state index is 0.0401. The summed E-state index contributed by atoms with van der Waals surface area (Å²) >= 11 is 2.85. The van der Waals surface area contributed by atoms with Crippen molar-refractivity contribution in [2.75, 3.05) is 30.4 Å². The second-order valence-electron chi connectivity index (χ2n) is 8.61. The van der Waals surface area contributed by atoms with Gasteiger partial charge in [0.05, 0.1) is 9.58 Å². The van der Waals surface area contributed by atoms with Gasteiger partial charge in [0, 0.05) is 43.5 Å². The summed E-state index contributed by atoms with van der Waals surface area (Å²) in [7, 11) is 1.66. The summed E-state index contributed by atoms with van der Waals surface area (Å²) in [5, 5.41) is 6.47. The molecule has 3 aromatic heterocycles. The van der Waals surface area contributed by atoms with Crippen molar-refractivity contribution in [2.45, 2.75) is 19.0 Å². The highest BCUT2D eigenvalue weighted by molar-refractivity contribution is 7.29. The van der Waals surface area contributed by atoms with Gasteiger partial charge in [-0.15, -0.1) is 11.3 Å². The van der Waals surface area contributed by atoms with Gasteiger partial charge in [0.2, 0.25) is 5.91 Å². The van der Waals surface area contributed by atoms with E-state index in [0.29, 0.717) is 21.7 Å². The van der Waals surface area contributed by atoms with Crippen LogP contribution < -0.4 is 15.5 Å². The Bertz CT molecular complexity index is 1390. The lowest BCUT2D eigenvalue weighted by atomic mass is 9.96. The van der Waals surface area contributed by atoms with Crippen LogP contribution in [0.4, 0.5) is 24.0 Å². The fourth-order valence-electron chi connectivity index (χ4n) is 4.18. The molecule has 12 heteroatoms. The van der Waals surface area contributed by atoms with Crippen LogP contribution in [0.1, 0.15) is 28.2 Å². The second-order valence-corrected chi connectivity index (χ2v) is 10.7. The molecule has 5 rings (SSSR count). The SMILES string of the molecule is CNC(=O)C1CCN(c2nc3sc(C(=O)Nc4ccc(-c5ccc(C(F)(F)F)nc5)cc4)cc3s2)CC1. The summed E-state index contributed by atoms with van der Waals surface area (Å²) in [6.07, 6.45) is -1.73. The molecule has 1 aromatic carbocycles. The van der Waals surface area contributed by atoms with Crippen LogP contribution in [0.2, 0.25) is 0 Å². The molecule has 0 aliphatic carbocycles. The third-order valence-electron chi connectivity index (χ3n) is 6.21. The van der Waals surface area contributed by atoms with Crippen molar-refractivity contribution in [3.05, 3.63) is 59.2 Å². The number of amides is 2. The Hall–Kier alpha value is -3.51. The molecule has 192 valence electrons. The largest absolute Gasteiger partial charge is 0.433 e. The highest BCUT2D eigenvalue weighted by atomic mass is 32.1. The Morgan fingerprint density at radius 2 is 1.73 bits per heavy atom. The molecule has 0 atom stereocenters. The van der Waals surface area contributed by atoms with Gasteiger partial charge in [0.25, 0.3) is 5.91 Å². The van der Waals surface area contributed by atoms with Crippen molar-refractivity contribution in [3.63, 3.8) is 0 Å². The Balaban J connectivity index is 1.21. The van der Waals surface area contributed by atoms with Crippen LogP contribution in [0.15, 0.2) is 48.7 Å². The summed E-state index contributed by atoms with van der Waals surface area (Å²) in [5.74, 6) is -0.132. The van der Waals surface area contributed by atoms with E-state index in [2.05, 4.69) is 20.5 Å². The van der Waals surface area contributed by atoms with E-state index in [1.165, 1.54) is 34.9 Å². The molecular formula is C25H22F3N5O2S2. The van der Waals surface area contributed by atoms with Crippen LogP contribution in [0.5, 0.6) is 0 Å². The average molecular weight is 546 g/mol. The number of alkyl halides is 3. The summed E-state index contributed by atoms with van der Waals surface area (Å²) in [4.78, 5) is 36.4. The van der Waals surface area contributed by atoms with Crippen LogP contribution >= 0.6 is 22.7 Å². The summed E-state index contributed by atoms with van der Waals surface area (Å²) in [6.45, 7) is 1.54. The number of anilines is 2. The predicted molar refractivity (Wildman–Crippen MR) is 139 cm³/mol. The topological polar surface area (TPSA) is 87.2 Å². The Morgan fingerprint density at radius 1 is 1.03 bits per heavy atom. The van der Waals surface area contributed by atoms with Crippen LogP contribution in [-0.4, -0.2) is 41.9 Å². The molecule has 0 saturated carbocycles. The lowest BCUT2D eigenvalue weighted by Crippen LogP contribution is -2.39. The van der Waals surface area contributed by atoms with E-state index in [1.54, 1.807) is 31.3 Å². The number of aromatic nitrogens is 2. The van der Waals surface area contributed by atoms with Gasteiger partial charge in [-0.25, -0.2) is 4.98 Å². The highest BCUT2D eigenvalue weighted by Gasteiger charge is 2.32. The molecule has 37 heavy (non-hydrogen) atoms. The number of thiazole rings is 1. The number of pyridine rings is 1. The summed E-state index contributed by atoms with van der Waals surface area (Å²) in [5.41, 5.74) is 0.859. The standard InChI is InChI=1S/C25H22F3N5O2S2/c1-29-21(34)15-8-10-33(11-9-15)24-32-23-19(37-24)12-18(36-23)22(35)31-17-5-2-14(3-6-17)16-4-7-20(30-13-16)25(26,27)28/h2-7,12-13,15H,8-11H2,1H3,(H,29,34)(H,31,35). The molecule has 1 saturated heterocycles. The fraction of sp³-hybridized carbons (Fsp3) is 0.280. The zero-order chi connectivity index (χ0) is 26.2. The molecule has 0 unspecified atom stereocenters. The van der Waals surface area contributed by atoms with Gasteiger partial charge < -0.3 is 15.5 Å². The first kappa shape index (κ1) is 25.2. The number of benzene rings is 1. The molecule has 2 N–H and O–H groups in total. The number of hydrogen-bond acceptors (Lipinski definition) is 7. The Kier molecular flexibility index (Phi) is 6.86. The zero-order valence-corrected chi connectivity index (χ0v) is 21.3. The van der Waals surface area contributed by atoms with Gasteiger partial charge in [0.1, 0.15) is 10.5 Å². The van der Waals surface area contributed by atoms with E-state index in [9.17, 15) is 22.8 Å². The second kappa shape index (κ2) is 10.1. The number of fused-ring (bicyclic) bond motifs is 1. The highest BCUT2D eigenvalue weighted by Crippen LogP contribution is 2.36. The number of thiophene rings is 1.